The van der Waals surface area contributed by atoms with Crippen molar-refractivity contribution in [3.8, 4) is 28.4 Å². The van der Waals surface area contributed by atoms with Gasteiger partial charge in [0.25, 0.3) is 17.6 Å². The van der Waals surface area contributed by atoms with Crippen LogP contribution in [0.1, 0.15) is 154 Å². The van der Waals surface area contributed by atoms with Crippen LogP contribution in [0, 0.1) is 29.6 Å². The minimum Gasteiger partial charge on any atom is -0.508 e. The number of aliphatic hydroxyl groups excluding tert-OH is 2. The lowest BCUT2D eigenvalue weighted by Crippen LogP contribution is -2.61. The number of cyclic esters (lactones) is 1. The molecule has 3 amide bonds. The fourth-order valence-corrected chi connectivity index (χ4v) is 17.0. The average molecular weight is 1720 g/mol. The molecule has 2 bridgehead atoms. The third kappa shape index (κ3) is 23.3. The van der Waals surface area contributed by atoms with Gasteiger partial charge >= 0.3 is 5.97 Å². The van der Waals surface area contributed by atoms with Crippen molar-refractivity contribution >= 4 is 80.7 Å². The Hall–Kier alpha value is -10.7. The number of fused-ring (bicyclic) bond motifs is 5. The van der Waals surface area contributed by atoms with Crippen molar-refractivity contribution < 1.29 is 82.4 Å². The number of amides is 3. The van der Waals surface area contributed by atoms with Crippen LogP contribution in [-0.4, -0.2) is 267 Å². The Labute approximate surface area is 720 Å². The molecule has 11 N–H and O–H groups in total. The van der Waals surface area contributed by atoms with Crippen LogP contribution in [-0.2, 0) is 63.7 Å². The normalized spacial score (nSPS) is 27.5. The van der Waals surface area contributed by atoms with Gasteiger partial charge in [-0.05, 0) is 138 Å². The number of nitrogens with one attached hydrogen (secondary N) is 3. The summed E-state index contributed by atoms with van der Waals surface area (Å²) in [6, 6.07) is 4.52. The Morgan fingerprint density at radius 2 is 1.51 bits per heavy atom. The summed E-state index contributed by atoms with van der Waals surface area (Å²) in [4.78, 5) is 133. The summed E-state index contributed by atoms with van der Waals surface area (Å²) >= 11 is 0. The summed E-state index contributed by atoms with van der Waals surface area (Å²) in [5.41, 5.74) is 18.7. The maximum absolute atomic E-state index is 14.8. The number of allylic oxidation sites excluding steroid dienone is 6. The van der Waals surface area contributed by atoms with Crippen molar-refractivity contribution in [3.05, 3.63) is 115 Å². The predicted octanol–water partition coefficient (Wildman–Crippen LogP) is 6.59. The molecule has 0 spiro atoms. The Kier molecular flexibility index (Phi) is 32.3. The van der Waals surface area contributed by atoms with E-state index in [1.54, 1.807) is 74.9 Å². The van der Waals surface area contributed by atoms with Crippen LogP contribution in [0.15, 0.2) is 109 Å². The number of H-pyrrole nitrogens is 1. The number of unbranched alkanes of at least 4 members (excludes halogenated alkanes) is 1. The monoisotopic (exact) mass is 1710 g/mol. The number of aromatic nitrogens is 12. The van der Waals surface area contributed by atoms with E-state index in [1.807, 2.05) is 61.4 Å². The molecule has 1 aromatic carbocycles. The first-order valence-electron chi connectivity index (χ1n) is 43.1. The second kappa shape index (κ2) is 43.3. The Bertz CT molecular complexity index is 4950. The molecule has 3 saturated heterocycles. The molecule has 7 aromatic rings. The summed E-state index contributed by atoms with van der Waals surface area (Å²) in [5, 5.41) is 65.8. The number of aromatic amines is 1. The van der Waals surface area contributed by atoms with Crippen LogP contribution in [0.25, 0.3) is 44.6 Å². The highest BCUT2D eigenvalue weighted by Crippen LogP contribution is 2.40. The van der Waals surface area contributed by atoms with Crippen molar-refractivity contribution in [1.82, 2.24) is 75.2 Å². The number of rotatable bonds is 25. The molecule has 4 fully saturated rings. The predicted molar refractivity (Wildman–Crippen MR) is 459 cm³/mol. The summed E-state index contributed by atoms with van der Waals surface area (Å²) < 4.78 is 39.4. The molecule has 668 valence electrons. The van der Waals surface area contributed by atoms with Gasteiger partial charge in [0.15, 0.2) is 11.4 Å². The van der Waals surface area contributed by atoms with Gasteiger partial charge in [-0.25, -0.2) is 44.1 Å². The van der Waals surface area contributed by atoms with Crippen LogP contribution in [0.3, 0.4) is 0 Å². The van der Waals surface area contributed by atoms with Gasteiger partial charge in [-0.15, -0.1) is 5.10 Å². The van der Waals surface area contributed by atoms with Crippen LogP contribution in [0.4, 0.5) is 17.7 Å². The highest BCUT2D eigenvalue weighted by molar-refractivity contribution is 6.39. The molecule has 5 aliphatic rings. The van der Waals surface area contributed by atoms with Crippen LogP contribution in [0.5, 0.6) is 5.75 Å². The summed E-state index contributed by atoms with van der Waals surface area (Å²) in [6.07, 6.45) is 20.1. The molecule has 1 saturated carbocycles. The van der Waals surface area contributed by atoms with Gasteiger partial charge in [0.1, 0.15) is 59.4 Å². The lowest BCUT2D eigenvalue weighted by atomic mass is 9.79. The highest BCUT2D eigenvalue weighted by Gasteiger charge is 2.53. The van der Waals surface area contributed by atoms with Gasteiger partial charge in [0.05, 0.1) is 73.6 Å². The number of phenolic OH excluding ortho intramolecular Hbond substituents is 1. The molecule has 36 nitrogen and oxygen atoms in total. The minimum atomic E-state index is -2.51. The number of phenols is 1. The zero-order valence-corrected chi connectivity index (χ0v) is 71.9. The number of ketones is 3. The Morgan fingerprint density at radius 3 is 2.24 bits per heavy atom. The van der Waals surface area contributed by atoms with Gasteiger partial charge in [-0.3, -0.25) is 28.8 Å². The number of carbonyl (C=O) groups is 7. The number of ether oxygens (including phenoxy) is 6. The van der Waals surface area contributed by atoms with Crippen LogP contribution >= 0.6 is 0 Å². The van der Waals surface area contributed by atoms with Crippen LogP contribution in [0.2, 0.25) is 0 Å². The number of Topliss-reactive ketones (excluding diaryl/α,β-unsaturated/α-hetero) is 3. The van der Waals surface area contributed by atoms with Gasteiger partial charge < -0.3 is 90.6 Å². The van der Waals surface area contributed by atoms with Crippen molar-refractivity contribution in [1.29, 1.82) is 0 Å². The lowest BCUT2D eigenvalue weighted by Gasteiger charge is -2.42. The molecule has 0 radical (unpaired) electrons. The van der Waals surface area contributed by atoms with Crippen molar-refractivity contribution in [2.24, 2.45) is 35.3 Å². The number of nitrogens with zero attached hydrogens (tertiary/aromatic N) is 14. The van der Waals surface area contributed by atoms with E-state index >= 15 is 0 Å². The van der Waals surface area contributed by atoms with E-state index in [0.29, 0.717) is 155 Å². The van der Waals surface area contributed by atoms with E-state index in [9.17, 15) is 54.0 Å². The summed E-state index contributed by atoms with van der Waals surface area (Å²) in [6.45, 7) is 14.9. The number of piperazine rings is 1. The van der Waals surface area contributed by atoms with E-state index in [0.717, 1.165) is 27.1 Å². The average Bonchev–Trinajstić information content (AvgIpc) is 1.52. The van der Waals surface area contributed by atoms with Gasteiger partial charge in [0, 0.05) is 151 Å². The number of aromatic hydroxyl groups is 1. The maximum Gasteiger partial charge on any atom is 0.329 e. The molecule has 124 heavy (non-hydrogen) atoms. The number of esters is 1. The fraction of sp³-hybridized carbons (Fsp3) is 0.568. The quantitative estimate of drug-likeness (QED) is 0.0126. The molecular formula is C88H119N19O17. The first kappa shape index (κ1) is 92.5. The number of benzene rings is 1. The molecule has 4 aliphatic heterocycles. The summed E-state index contributed by atoms with van der Waals surface area (Å²) in [5.74, 6) is -8.14. The number of anilines is 3. The van der Waals surface area contributed by atoms with Crippen molar-refractivity contribution in [2.75, 3.05) is 102 Å². The molecule has 36 heteroatoms. The number of hydrogen-bond donors (Lipinski definition) is 9. The SMILES string of the molecule is CO[C@H]1C[C@@H]2CC[C@@H](C)[C@@](O)(O2)C(=O)C(=O)N2CCCC[C@H]2C(=O)O[C@H]([C@H](N)C[C@@H]2CC[C@H](n3cc(-c4cnc(N5CCN(c6ncc(C(=O)NCCOCCOCCC(=O)NCCCCn7nc(-c8cc9cc(O)ccc9[nH]8)c8c(N)ncnc87)cn6)CC5)nc4)nn3)[C@H](OC)C2)CC(=O)[C@H](C)/C=C(\C)[C@@H](O)[C@@H](O)C(=O)[C@H](C)C[C@H](C)/C=C/C=C/C=C/1C. The number of piperidine rings is 1. The number of methoxy groups -OCH3 is 2. The van der Waals surface area contributed by atoms with Gasteiger partial charge in [0.2, 0.25) is 23.6 Å². The van der Waals surface area contributed by atoms with Crippen molar-refractivity contribution in [3.63, 3.8) is 0 Å². The number of carbonyl (C=O) groups excluding carboxylic acids is 7. The third-order valence-electron chi connectivity index (χ3n) is 24.4. The Morgan fingerprint density at radius 1 is 0.774 bits per heavy atom. The smallest absolute Gasteiger partial charge is 0.329 e. The molecule has 0 unspecified atom stereocenters. The van der Waals surface area contributed by atoms with Gasteiger partial charge in [-0.1, -0.05) is 69.4 Å². The fourth-order valence-electron chi connectivity index (χ4n) is 17.0. The molecule has 1 aliphatic carbocycles. The topological polar surface area (TPSA) is 483 Å². The highest BCUT2D eigenvalue weighted by atomic mass is 16.6. The first-order valence-corrected chi connectivity index (χ1v) is 43.1. The summed E-state index contributed by atoms with van der Waals surface area (Å²) in [7, 11) is 3.17. The number of nitrogen functional groups attached to an aromatic ring is 1. The van der Waals surface area contributed by atoms with E-state index in [1.165, 1.54) is 31.7 Å². The lowest BCUT2D eigenvalue weighted by molar-refractivity contribution is -0.265. The Balaban J connectivity index is 0.578. The minimum absolute atomic E-state index is 0.00638. The molecule has 10 heterocycles. The number of nitrogens with two attached hydrogens (primary N) is 2. The van der Waals surface area contributed by atoms with E-state index in [-0.39, 0.29) is 119 Å². The van der Waals surface area contributed by atoms with Crippen molar-refractivity contribution in [2.45, 2.75) is 205 Å². The molecule has 6 aromatic heterocycles. The number of aliphatic hydroxyl groups is 3. The van der Waals surface area contributed by atoms with E-state index < -0.39 is 95.4 Å². The zero-order valence-electron chi connectivity index (χ0n) is 71.9. The maximum atomic E-state index is 14.8. The van der Waals surface area contributed by atoms with E-state index in [4.69, 9.17) is 55.0 Å². The second-order valence-corrected chi connectivity index (χ2v) is 33.4. The van der Waals surface area contributed by atoms with E-state index in [2.05, 4.69) is 50.8 Å². The standard InChI is InChI=1S/C88H119N19O17/c1-52-16-10-9-11-17-53(2)71(119-7)44-63-22-19-57(6)88(118,124-63)80(114)84(116)105-28-14-12-18-69(105)85(117)123-72(45-70(109)54(3)39-56(5)78(112)79(113)77(111)55(4)38-52)64(89)40-58-20-24-68(73(41-58)120-8)107-50-67(100-102-107)60-46-93-86(94-47-60)103-30-32-104(33-31-103)87-95-48-61(49-96-87)83(115)92-27-35-122-37-36-121-34-25-74(110)91-26-13-15-29-106-82-75(81(90)97-51-98-82)76(101-106)66-43-59-42-62(108)21-23-65(59)99-66/h9-11,16-17,21,23,39,42-43,46-52,54-55,57-58,63-64,68-69,71-73,78-79,99,108,112-113,118H,12-15,18-20,22,24-38,40-41,44-45,89H2,1-8H3,(H,91,110)(H,92,115)(H2,90,97,98)/b11-9+,16-10+,53-17+,56-39+/t52-,54-,55-,57-,58+,63+,64-,68+,69+,71+,72+,73-,78-,79+,88-/m1/s1. The van der Waals surface area contributed by atoms with Gasteiger partial charge in [-0.2, -0.15) is 5.10 Å². The van der Waals surface area contributed by atoms with Crippen LogP contribution < -0.4 is 31.9 Å². The largest absolute Gasteiger partial charge is 0.508 e. The number of hydrogen-bond acceptors (Lipinski definition) is 30. The second-order valence-electron chi connectivity index (χ2n) is 33.4. The zero-order chi connectivity index (χ0) is 88.3. The molecule has 15 atom stereocenters. The first-order chi connectivity index (χ1) is 59.7. The number of aryl methyl sites for hydroxylation is 1. The third-order valence-corrected chi connectivity index (χ3v) is 24.4. The molecular weight excluding hydrogens is 1600 g/mol. The molecule has 12 rings (SSSR count).